The SMILES string of the molecule is O=c1[nH]c(=O)n(-c2ccc(I)cc2)c(O)c1/C=N/N1CCOCC1. The van der Waals surface area contributed by atoms with Gasteiger partial charge in [0.15, 0.2) is 0 Å². The van der Waals surface area contributed by atoms with Crippen molar-refractivity contribution in [3.63, 3.8) is 0 Å². The average Bonchev–Trinajstić information content (AvgIpc) is 2.57. The van der Waals surface area contributed by atoms with Crippen molar-refractivity contribution in [1.82, 2.24) is 14.6 Å². The Balaban J connectivity index is 2.02. The zero-order valence-corrected chi connectivity index (χ0v) is 14.8. The van der Waals surface area contributed by atoms with E-state index in [1.54, 1.807) is 29.3 Å². The molecule has 0 spiro atoms. The van der Waals surface area contributed by atoms with Gasteiger partial charge in [0, 0.05) is 3.57 Å². The van der Waals surface area contributed by atoms with Gasteiger partial charge in [-0.05, 0) is 46.9 Å². The molecule has 2 N–H and O–H groups in total. The van der Waals surface area contributed by atoms with Crippen LogP contribution in [0, 0.1) is 3.57 Å². The number of nitrogens with zero attached hydrogens (tertiary/aromatic N) is 3. The molecule has 0 aliphatic carbocycles. The minimum Gasteiger partial charge on any atom is -0.493 e. The molecule has 24 heavy (non-hydrogen) atoms. The number of aromatic hydroxyl groups is 1. The summed E-state index contributed by atoms with van der Waals surface area (Å²) in [5.41, 5.74) is -1.01. The Morgan fingerprint density at radius 2 is 1.88 bits per heavy atom. The highest BCUT2D eigenvalue weighted by Gasteiger charge is 2.15. The molecule has 1 aromatic carbocycles. The van der Waals surface area contributed by atoms with Gasteiger partial charge in [-0.3, -0.25) is 14.8 Å². The van der Waals surface area contributed by atoms with Gasteiger partial charge < -0.3 is 9.84 Å². The van der Waals surface area contributed by atoms with E-state index >= 15 is 0 Å². The van der Waals surface area contributed by atoms with Crippen LogP contribution in [-0.2, 0) is 4.74 Å². The Bertz CT molecular complexity index is 867. The zero-order valence-electron chi connectivity index (χ0n) is 12.6. The minimum absolute atomic E-state index is 0.0698. The molecule has 0 amide bonds. The highest BCUT2D eigenvalue weighted by Crippen LogP contribution is 2.16. The van der Waals surface area contributed by atoms with Crippen molar-refractivity contribution in [3.8, 4) is 11.6 Å². The third-order valence-electron chi connectivity index (χ3n) is 3.54. The van der Waals surface area contributed by atoms with E-state index in [0.29, 0.717) is 32.0 Å². The summed E-state index contributed by atoms with van der Waals surface area (Å²) in [6.07, 6.45) is 1.27. The molecule has 2 heterocycles. The van der Waals surface area contributed by atoms with Crippen LogP contribution in [0.4, 0.5) is 0 Å². The highest BCUT2D eigenvalue weighted by molar-refractivity contribution is 14.1. The van der Waals surface area contributed by atoms with Crippen molar-refractivity contribution in [1.29, 1.82) is 0 Å². The molecule has 0 unspecified atom stereocenters. The second-order valence-corrected chi connectivity index (χ2v) is 6.36. The maximum Gasteiger partial charge on any atom is 0.335 e. The van der Waals surface area contributed by atoms with Gasteiger partial charge in [0.25, 0.3) is 5.56 Å². The molecule has 8 nitrogen and oxygen atoms in total. The Morgan fingerprint density at radius 1 is 1.21 bits per heavy atom. The first-order valence-electron chi connectivity index (χ1n) is 7.27. The van der Waals surface area contributed by atoms with Crippen LogP contribution in [0.25, 0.3) is 5.69 Å². The molecule has 1 aromatic heterocycles. The lowest BCUT2D eigenvalue weighted by atomic mass is 10.3. The largest absolute Gasteiger partial charge is 0.493 e. The fraction of sp³-hybridized carbons (Fsp3) is 0.267. The van der Waals surface area contributed by atoms with Crippen molar-refractivity contribution in [3.05, 3.63) is 54.2 Å². The number of hydrazone groups is 1. The summed E-state index contributed by atoms with van der Waals surface area (Å²) in [6.45, 7) is 2.32. The van der Waals surface area contributed by atoms with Gasteiger partial charge in [0.2, 0.25) is 5.88 Å². The topological polar surface area (TPSA) is 99.9 Å². The summed E-state index contributed by atoms with van der Waals surface area (Å²) < 4.78 is 7.25. The molecule has 1 saturated heterocycles. The van der Waals surface area contributed by atoms with Gasteiger partial charge >= 0.3 is 5.69 Å². The lowest BCUT2D eigenvalue weighted by molar-refractivity contribution is 0.0396. The van der Waals surface area contributed by atoms with E-state index in [9.17, 15) is 14.7 Å². The summed E-state index contributed by atoms with van der Waals surface area (Å²) in [5, 5.41) is 16.3. The van der Waals surface area contributed by atoms with Crippen molar-refractivity contribution >= 4 is 28.8 Å². The molecule has 1 fully saturated rings. The Labute approximate surface area is 150 Å². The third kappa shape index (κ3) is 3.51. The second-order valence-electron chi connectivity index (χ2n) is 5.12. The van der Waals surface area contributed by atoms with E-state index in [1.807, 2.05) is 0 Å². The molecule has 3 rings (SSSR count). The molecule has 0 bridgehead atoms. The number of benzene rings is 1. The van der Waals surface area contributed by atoms with Crippen LogP contribution in [0.2, 0.25) is 0 Å². The van der Waals surface area contributed by atoms with Crippen LogP contribution in [0.3, 0.4) is 0 Å². The van der Waals surface area contributed by atoms with Gasteiger partial charge in [0.05, 0.1) is 38.2 Å². The van der Waals surface area contributed by atoms with E-state index in [-0.39, 0.29) is 5.56 Å². The van der Waals surface area contributed by atoms with Crippen LogP contribution < -0.4 is 11.2 Å². The van der Waals surface area contributed by atoms with Crippen LogP contribution in [0.1, 0.15) is 5.56 Å². The van der Waals surface area contributed by atoms with Crippen LogP contribution in [0.15, 0.2) is 39.0 Å². The van der Waals surface area contributed by atoms with Gasteiger partial charge in [0.1, 0.15) is 5.56 Å². The smallest absolute Gasteiger partial charge is 0.335 e. The summed E-state index contributed by atoms with van der Waals surface area (Å²) >= 11 is 2.14. The number of aromatic amines is 1. The number of morpholine rings is 1. The predicted octanol–water partition coefficient (Wildman–Crippen LogP) is 0.502. The monoisotopic (exact) mass is 442 g/mol. The molecule has 9 heteroatoms. The van der Waals surface area contributed by atoms with Gasteiger partial charge in [-0.15, -0.1) is 0 Å². The summed E-state index contributed by atoms with van der Waals surface area (Å²) in [4.78, 5) is 26.3. The maximum atomic E-state index is 12.1. The quantitative estimate of drug-likeness (QED) is 0.533. The molecular weight excluding hydrogens is 427 g/mol. The Kier molecular flexibility index (Phi) is 5.00. The highest BCUT2D eigenvalue weighted by atomic mass is 127. The number of hydrogen-bond donors (Lipinski definition) is 2. The molecule has 126 valence electrons. The van der Waals surface area contributed by atoms with Gasteiger partial charge in [-0.2, -0.15) is 5.10 Å². The normalized spacial score (nSPS) is 15.1. The van der Waals surface area contributed by atoms with Crippen molar-refractivity contribution < 1.29 is 9.84 Å². The summed E-state index contributed by atoms with van der Waals surface area (Å²) in [7, 11) is 0. The number of nitrogens with one attached hydrogen (secondary N) is 1. The summed E-state index contributed by atoms with van der Waals surface area (Å²) in [5.74, 6) is -0.443. The lowest BCUT2D eigenvalue weighted by Crippen LogP contribution is -2.34. The number of aromatic nitrogens is 2. The third-order valence-corrected chi connectivity index (χ3v) is 4.26. The number of halogens is 1. The first-order valence-corrected chi connectivity index (χ1v) is 8.35. The van der Waals surface area contributed by atoms with Crippen LogP contribution in [-0.4, -0.2) is 52.2 Å². The number of ether oxygens (including phenoxy) is 1. The fourth-order valence-electron chi connectivity index (χ4n) is 2.29. The van der Waals surface area contributed by atoms with E-state index < -0.39 is 17.1 Å². The number of H-pyrrole nitrogens is 1. The average molecular weight is 442 g/mol. The Morgan fingerprint density at radius 3 is 2.54 bits per heavy atom. The fourth-order valence-corrected chi connectivity index (χ4v) is 2.65. The van der Waals surface area contributed by atoms with E-state index in [4.69, 9.17) is 4.74 Å². The van der Waals surface area contributed by atoms with E-state index in [2.05, 4.69) is 32.7 Å². The second kappa shape index (κ2) is 7.18. The zero-order chi connectivity index (χ0) is 17.1. The molecule has 1 aliphatic heterocycles. The predicted molar refractivity (Wildman–Crippen MR) is 97.0 cm³/mol. The van der Waals surface area contributed by atoms with Gasteiger partial charge in [-0.1, -0.05) is 0 Å². The summed E-state index contributed by atoms with van der Waals surface area (Å²) in [6, 6.07) is 6.97. The number of hydrogen-bond acceptors (Lipinski definition) is 6. The minimum atomic E-state index is -0.706. The van der Waals surface area contributed by atoms with Gasteiger partial charge in [-0.25, -0.2) is 9.36 Å². The maximum absolute atomic E-state index is 12.1. The van der Waals surface area contributed by atoms with Crippen molar-refractivity contribution in [2.75, 3.05) is 26.3 Å². The standard InChI is InChI=1S/C15H15IN4O4/c16-10-1-3-11(4-2-10)20-14(22)12(13(21)18-15(20)23)9-17-19-5-7-24-8-6-19/h1-4,9,22H,5-8H2,(H,18,21,23)/b17-9+. The lowest BCUT2D eigenvalue weighted by Gasteiger charge is -2.23. The van der Waals surface area contributed by atoms with Crippen LogP contribution in [0.5, 0.6) is 5.88 Å². The molecule has 0 saturated carbocycles. The Hall–Kier alpha value is -2.14. The molecule has 1 aliphatic rings. The molecule has 2 aromatic rings. The van der Waals surface area contributed by atoms with Crippen molar-refractivity contribution in [2.45, 2.75) is 0 Å². The van der Waals surface area contributed by atoms with Crippen LogP contribution >= 0.6 is 22.6 Å². The first-order chi connectivity index (χ1) is 11.6. The number of rotatable bonds is 3. The molecule has 0 atom stereocenters. The first kappa shape index (κ1) is 16.7. The van der Waals surface area contributed by atoms with E-state index in [1.165, 1.54) is 6.21 Å². The molecular formula is C15H15IN4O4. The van der Waals surface area contributed by atoms with E-state index in [0.717, 1.165) is 8.14 Å². The van der Waals surface area contributed by atoms with Crippen molar-refractivity contribution in [2.24, 2.45) is 5.10 Å². The molecule has 0 radical (unpaired) electrons.